The van der Waals surface area contributed by atoms with Crippen molar-refractivity contribution in [2.24, 2.45) is 0 Å². The Morgan fingerprint density at radius 1 is 1.33 bits per heavy atom. The SMILES string of the molecule is Fc1ccc(CN2CCOCC2)c(Cl)c1. The summed E-state index contributed by atoms with van der Waals surface area (Å²) in [6, 6.07) is 4.55. The Hall–Kier alpha value is -0.640. The number of rotatable bonds is 2. The van der Waals surface area contributed by atoms with Crippen molar-refractivity contribution < 1.29 is 9.13 Å². The van der Waals surface area contributed by atoms with Crippen molar-refractivity contribution >= 4 is 11.6 Å². The van der Waals surface area contributed by atoms with E-state index in [1.807, 2.05) is 0 Å². The highest BCUT2D eigenvalue weighted by atomic mass is 35.5. The lowest BCUT2D eigenvalue weighted by Gasteiger charge is -2.26. The first kappa shape index (κ1) is 10.9. The second kappa shape index (κ2) is 4.92. The van der Waals surface area contributed by atoms with Crippen LogP contribution in [-0.4, -0.2) is 31.2 Å². The van der Waals surface area contributed by atoms with E-state index in [0.717, 1.165) is 38.4 Å². The molecule has 1 aliphatic heterocycles. The van der Waals surface area contributed by atoms with Crippen molar-refractivity contribution in [2.45, 2.75) is 6.54 Å². The maximum atomic E-state index is 12.8. The van der Waals surface area contributed by atoms with Gasteiger partial charge in [-0.3, -0.25) is 4.90 Å². The van der Waals surface area contributed by atoms with E-state index in [4.69, 9.17) is 16.3 Å². The standard InChI is InChI=1S/C11H13ClFNO/c12-11-7-10(13)2-1-9(11)8-14-3-5-15-6-4-14/h1-2,7H,3-6,8H2. The minimum atomic E-state index is -0.286. The van der Waals surface area contributed by atoms with Crippen LogP contribution in [0.2, 0.25) is 5.02 Å². The molecule has 1 fully saturated rings. The van der Waals surface area contributed by atoms with Gasteiger partial charge in [-0.25, -0.2) is 4.39 Å². The zero-order chi connectivity index (χ0) is 10.7. The lowest BCUT2D eigenvalue weighted by atomic mass is 10.2. The summed E-state index contributed by atoms with van der Waals surface area (Å²) in [6.07, 6.45) is 0. The number of nitrogens with zero attached hydrogens (tertiary/aromatic N) is 1. The third-order valence-electron chi connectivity index (χ3n) is 2.51. The van der Waals surface area contributed by atoms with Gasteiger partial charge in [0.25, 0.3) is 0 Å². The molecular weight excluding hydrogens is 217 g/mol. The first-order valence-corrected chi connectivity index (χ1v) is 5.37. The summed E-state index contributed by atoms with van der Waals surface area (Å²) in [6.45, 7) is 4.11. The number of ether oxygens (including phenoxy) is 1. The monoisotopic (exact) mass is 229 g/mol. The van der Waals surface area contributed by atoms with Crippen LogP contribution in [0.5, 0.6) is 0 Å². The molecule has 1 aromatic rings. The second-order valence-corrected chi connectivity index (χ2v) is 4.03. The van der Waals surface area contributed by atoms with Gasteiger partial charge < -0.3 is 4.74 Å². The topological polar surface area (TPSA) is 12.5 Å². The molecule has 0 N–H and O–H groups in total. The summed E-state index contributed by atoms with van der Waals surface area (Å²) in [7, 11) is 0. The number of halogens is 2. The van der Waals surface area contributed by atoms with E-state index in [0.29, 0.717) is 5.02 Å². The smallest absolute Gasteiger partial charge is 0.124 e. The molecule has 0 amide bonds. The van der Waals surface area contributed by atoms with Crippen LogP contribution in [0.3, 0.4) is 0 Å². The molecule has 0 radical (unpaired) electrons. The fourth-order valence-corrected chi connectivity index (χ4v) is 1.88. The summed E-state index contributed by atoms with van der Waals surface area (Å²) in [5.41, 5.74) is 0.972. The van der Waals surface area contributed by atoms with Gasteiger partial charge in [0.15, 0.2) is 0 Å². The summed E-state index contributed by atoms with van der Waals surface area (Å²) < 4.78 is 18.1. The zero-order valence-electron chi connectivity index (χ0n) is 8.38. The first-order chi connectivity index (χ1) is 7.25. The van der Waals surface area contributed by atoms with Crippen molar-refractivity contribution in [2.75, 3.05) is 26.3 Å². The number of hydrogen-bond donors (Lipinski definition) is 0. The van der Waals surface area contributed by atoms with Gasteiger partial charge in [-0.2, -0.15) is 0 Å². The van der Waals surface area contributed by atoms with Crippen LogP contribution < -0.4 is 0 Å². The van der Waals surface area contributed by atoms with E-state index >= 15 is 0 Å². The average Bonchev–Trinajstić information content (AvgIpc) is 2.24. The summed E-state index contributed by atoms with van der Waals surface area (Å²) in [5.74, 6) is -0.286. The van der Waals surface area contributed by atoms with Crippen LogP contribution in [0.1, 0.15) is 5.56 Å². The van der Waals surface area contributed by atoms with Crippen molar-refractivity contribution in [3.63, 3.8) is 0 Å². The third-order valence-corrected chi connectivity index (χ3v) is 2.86. The van der Waals surface area contributed by atoms with Gasteiger partial charge in [0.05, 0.1) is 13.2 Å². The van der Waals surface area contributed by atoms with Crippen LogP contribution in [0, 0.1) is 5.82 Å². The van der Waals surface area contributed by atoms with Gasteiger partial charge in [-0.05, 0) is 17.7 Å². The zero-order valence-corrected chi connectivity index (χ0v) is 9.13. The Kier molecular flexibility index (Phi) is 3.57. The van der Waals surface area contributed by atoms with Gasteiger partial charge in [-0.15, -0.1) is 0 Å². The molecule has 0 aromatic heterocycles. The predicted octanol–water partition coefficient (Wildman–Crippen LogP) is 2.31. The second-order valence-electron chi connectivity index (χ2n) is 3.62. The predicted molar refractivity (Wildman–Crippen MR) is 57.5 cm³/mol. The average molecular weight is 230 g/mol. The van der Waals surface area contributed by atoms with Crippen molar-refractivity contribution in [3.05, 3.63) is 34.6 Å². The van der Waals surface area contributed by atoms with E-state index < -0.39 is 0 Å². The number of morpholine rings is 1. The molecule has 2 nitrogen and oxygen atoms in total. The molecule has 1 aromatic carbocycles. The highest BCUT2D eigenvalue weighted by Crippen LogP contribution is 2.19. The van der Waals surface area contributed by atoms with E-state index in [9.17, 15) is 4.39 Å². The summed E-state index contributed by atoms with van der Waals surface area (Å²) in [4.78, 5) is 2.25. The van der Waals surface area contributed by atoms with Crippen LogP contribution in [-0.2, 0) is 11.3 Å². The molecule has 82 valence electrons. The molecule has 1 heterocycles. The highest BCUT2D eigenvalue weighted by Gasteiger charge is 2.12. The fourth-order valence-electron chi connectivity index (χ4n) is 1.65. The maximum Gasteiger partial charge on any atom is 0.124 e. The van der Waals surface area contributed by atoms with Crippen LogP contribution >= 0.6 is 11.6 Å². The number of benzene rings is 1. The van der Waals surface area contributed by atoms with E-state index in [1.165, 1.54) is 12.1 Å². The largest absolute Gasteiger partial charge is 0.379 e. The molecule has 1 aliphatic rings. The number of hydrogen-bond acceptors (Lipinski definition) is 2. The molecule has 4 heteroatoms. The molecule has 0 unspecified atom stereocenters. The van der Waals surface area contributed by atoms with E-state index in [2.05, 4.69) is 4.90 Å². The Balaban J connectivity index is 2.03. The molecule has 0 bridgehead atoms. The van der Waals surface area contributed by atoms with Crippen LogP contribution in [0.15, 0.2) is 18.2 Å². The van der Waals surface area contributed by atoms with Crippen molar-refractivity contribution in [1.82, 2.24) is 4.90 Å². The molecule has 0 saturated carbocycles. The van der Waals surface area contributed by atoms with Crippen molar-refractivity contribution in [1.29, 1.82) is 0 Å². The Morgan fingerprint density at radius 3 is 2.73 bits per heavy atom. The third kappa shape index (κ3) is 2.91. The maximum absolute atomic E-state index is 12.8. The lowest BCUT2D eigenvalue weighted by Crippen LogP contribution is -2.35. The van der Waals surface area contributed by atoms with Gasteiger partial charge in [0.1, 0.15) is 5.82 Å². The minimum absolute atomic E-state index is 0.286. The fraction of sp³-hybridized carbons (Fsp3) is 0.455. The van der Waals surface area contributed by atoms with Gasteiger partial charge >= 0.3 is 0 Å². The first-order valence-electron chi connectivity index (χ1n) is 5.00. The molecule has 1 saturated heterocycles. The van der Waals surface area contributed by atoms with Gasteiger partial charge in [0.2, 0.25) is 0 Å². The van der Waals surface area contributed by atoms with Crippen LogP contribution in [0.25, 0.3) is 0 Å². The summed E-state index contributed by atoms with van der Waals surface area (Å²) in [5, 5.41) is 0.501. The molecule has 0 aliphatic carbocycles. The van der Waals surface area contributed by atoms with Crippen LogP contribution in [0.4, 0.5) is 4.39 Å². The minimum Gasteiger partial charge on any atom is -0.379 e. The molecule has 15 heavy (non-hydrogen) atoms. The van der Waals surface area contributed by atoms with Gasteiger partial charge in [0, 0.05) is 24.7 Å². The van der Waals surface area contributed by atoms with Crippen molar-refractivity contribution in [3.8, 4) is 0 Å². The Morgan fingerprint density at radius 2 is 2.07 bits per heavy atom. The van der Waals surface area contributed by atoms with E-state index in [1.54, 1.807) is 6.07 Å². The molecular formula is C11H13ClFNO. The molecule has 0 spiro atoms. The quantitative estimate of drug-likeness (QED) is 0.772. The highest BCUT2D eigenvalue weighted by molar-refractivity contribution is 6.31. The normalized spacial score (nSPS) is 18.0. The van der Waals surface area contributed by atoms with E-state index in [-0.39, 0.29) is 5.82 Å². The molecule has 2 rings (SSSR count). The van der Waals surface area contributed by atoms with Gasteiger partial charge in [-0.1, -0.05) is 17.7 Å². The summed E-state index contributed by atoms with van der Waals surface area (Å²) >= 11 is 5.95. The Bertz CT molecular complexity index is 339. The Labute approximate surface area is 93.6 Å². The lowest BCUT2D eigenvalue weighted by molar-refractivity contribution is 0.0342. The molecule has 0 atom stereocenters.